The smallest absolute Gasteiger partial charge is 0.146 e. The maximum atomic E-state index is 13.5. The van der Waals surface area contributed by atoms with Crippen molar-refractivity contribution in [3.63, 3.8) is 0 Å². The Morgan fingerprint density at radius 3 is 2.67 bits per heavy atom. The van der Waals surface area contributed by atoms with Crippen molar-refractivity contribution in [3.05, 3.63) is 29.8 Å². The van der Waals surface area contributed by atoms with Crippen molar-refractivity contribution >= 4 is 0 Å². The van der Waals surface area contributed by atoms with E-state index < -0.39 is 0 Å². The standard InChI is InChI=1S/C14H24FN3/c1-2-3-4-5-6-7-8-14(18-16)12-9-10-17-11-13(12)15/h9-11,14,18H,2-8,16H2,1H3. The van der Waals surface area contributed by atoms with Gasteiger partial charge in [0, 0.05) is 17.8 Å². The summed E-state index contributed by atoms with van der Waals surface area (Å²) >= 11 is 0. The van der Waals surface area contributed by atoms with Crippen LogP contribution in [0.25, 0.3) is 0 Å². The minimum Gasteiger partial charge on any atom is -0.271 e. The second-order valence-electron chi connectivity index (χ2n) is 4.67. The second kappa shape index (κ2) is 9.00. The maximum Gasteiger partial charge on any atom is 0.146 e. The fourth-order valence-corrected chi connectivity index (χ4v) is 2.13. The van der Waals surface area contributed by atoms with Gasteiger partial charge in [0.2, 0.25) is 0 Å². The van der Waals surface area contributed by atoms with Gasteiger partial charge in [0.25, 0.3) is 0 Å². The zero-order chi connectivity index (χ0) is 13.2. The number of nitrogens with two attached hydrogens (primary N) is 1. The number of hydrogen-bond donors (Lipinski definition) is 2. The lowest BCUT2D eigenvalue weighted by atomic mass is 10.0. The van der Waals surface area contributed by atoms with Crippen LogP contribution in [0.1, 0.15) is 63.5 Å². The normalized spacial score (nSPS) is 12.6. The predicted octanol–water partition coefficient (Wildman–Crippen LogP) is 3.48. The molecule has 3 nitrogen and oxygen atoms in total. The summed E-state index contributed by atoms with van der Waals surface area (Å²) in [6, 6.07) is 1.58. The third-order valence-electron chi connectivity index (χ3n) is 3.23. The summed E-state index contributed by atoms with van der Waals surface area (Å²) in [5.41, 5.74) is 3.31. The number of nitrogens with one attached hydrogen (secondary N) is 1. The van der Waals surface area contributed by atoms with Crippen molar-refractivity contribution in [2.24, 2.45) is 5.84 Å². The van der Waals surface area contributed by atoms with Crippen molar-refractivity contribution < 1.29 is 4.39 Å². The average Bonchev–Trinajstić information content (AvgIpc) is 2.39. The highest BCUT2D eigenvalue weighted by Crippen LogP contribution is 2.21. The molecule has 102 valence electrons. The zero-order valence-electron chi connectivity index (χ0n) is 11.2. The van der Waals surface area contributed by atoms with Gasteiger partial charge in [0.05, 0.1) is 6.20 Å². The molecule has 0 fully saturated rings. The van der Waals surface area contributed by atoms with Crippen molar-refractivity contribution in [2.45, 2.75) is 57.9 Å². The molecule has 1 heterocycles. The summed E-state index contributed by atoms with van der Waals surface area (Å²) in [6.07, 6.45) is 11.1. The summed E-state index contributed by atoms with van der Waals surface area (Å²) in [6.45, 7) is 2.21. The molecule has 1 unspecified atom stereocenters. The molecule has 0 aliphatic rings. The second-order valence-corrected chi connectivity index (χ2v) is 4.67. The van der Waals surface area contributed by atoms with Gasteiger partial charge in [-0.3, -0.25) is 16.3 Å². The van der Waals surface area contributed by atoms with Gasteiger partial charge in [-0.1, -0.05) is 45.4 Å². The first kappa shape index (κ1) is 15.1. The lowest BCUT2D eigenvalue weighted by molar-refractivity contribution is 0.456. The van der Waals surface area contributed by atoms with Crippen molar-refractivity contribution in [1.29, 1.82) is 0 Å². The summed E-state index contributed by atoms with van der Waals surface area (Å²) in [4.78, 5) is 3.75. The zero-order valence-corrected chi connectivity index (χ0v) is 11.2. The number of hydrazine groups is 1. The van der Waals surface area contributed by atoms with Crippen LogP contribution in [0.4, 0.5) is 4.39 Å². The predicted molar refractivity (Wildman–Crippen MR) is 72.3 cm³/mol. The van der Waals surface area contributed by atoms with E-state index in [1.165, 1.54) is 38.3 Å². The molecule has 0 saturated carbocycles. The van der Waals surface area contributed by atoms with E-state index in [1.54, 1.807) is 12.3 Å². The fourth-order valence-electron chi connectivity index (χ4n) is 2.13. The van der Waals surface area contributed by atoms with Crippen LogP contribution >= 0.6 is 0 Å². The highest BCUT2D eigenvalue weighted by molar-refractivity contribution is 5.16. The number of hydrogen-bond acceptors (Lipinski definition) is 3. The molecule has 0 aromatic carbocycles. The van der Waals surface area contributed by atoms with Gasteiger partial charge in [-0.25, -0.2) is 4.39 Å². The van der Waals surface area contributed by atoms with Crippen LogP contribution in [-0.2, 0) is 0 Å². The monoisotopic (exact) mass is 253 g/mol. The Labute approximate surface area is 109 Å². The average molecular weight is 253 g/mol. The first-order chi connectivity index (χ1) is 8.79. The first-order valence-electron chi connectivity index (χ1n) is 6.85. The highest BCUT2D eigenvalue weighted by atomic mass is 19.1. The maximum absolute atomic E-state index is 13.5. The van der Waals surface area contributed by atoms with Crippen LogP contribution in [0.3, 0.4) is 0 Å². The van der Waals surface area contributed by atoms with Crippen LogP contribution in [0.5, 0.6) is 0 Å². The number of pyridine rings is 1. The molecule has 1 aromatic rings. The van der Waals surface area contributed by atoms with Gasteiger partial charge < -0.3 is 0 Å². The Morgan fingerprint density at radius 2 is 2.00 bits per heavy atom. The summed E-state index contributed by atoms with van der Waals surface area (Å²) in [7, 11) is 0. The Hall–Kier alpha value is -1.00. The van der Waals surface area contributed by atoms with E-state index in [0.29, 0.717) is 5.56 Å². The van der Waals surface area contributed by atoms with Crippen LogP contribution in [0, 0.1) is 5.82 Å². The number of halogens is 1. The first-order valence-corrected chi connectivity index (χ1v) is 6.85. The van der Waals surface area contributed by atoms with E-state index in [0.717, 1.165) is 12.8 Å². The highest BCUT2D eigenvalue weighted by Gasteiger charge is 2.13. The fraction of sp³-hybridized carbons (Fsp3) is 0.643. The lowest BCUT2D eigenvalue weighted by Crippen LogP contribution is -2.28. The van der Waals surface area contributed by atoms with Gasteiger partial charge in [0.1, 0.15) is 5.82 Å². The molecule has 0 saturated heterocycles. The molecule has 1 atom stereocenters. The topological polar surface area (TPSA) is 50.9 Å². The van der Waals surface area contributed by atoms with E-state index in [1.807, 2.05) is 0 Å². The van der Waals surface area contributed by atoms with Gasteiger partial charge in [-0.05, 0) is 12.5 Å². The molecule has 18 heavy (non-hydrogen) atoms. The molecule has 0 aliphatic carbocycles. The molecule has 1 aromatic heterocycles. The van der Waals surface area contributed by atoms with E-state index in [4.69, 9.17) is 5.84 Å². The summed E-state index contributed by atoms with van der Waals surface area (Å²) in [5, 5.41) is 0. The Morgan fingerprint density at radius 1 is 1.28 bits per heavy atom. The van der Waals surface area contributed by atoms with Crippen molar-refractivity contribution in [2.75, 3.05) is 0 Å². The minimum atomic E-state index is -0.286. The number of unbranched alkanes of at least 4 members (excludes halogenated alkanes) is 5. The third kappa shape index (κ3) is 5.10. The summed E-state index contributed by atoms with van der Waals surface area (Å²) < 4.78 is 13.5. The molecular weight excluding hydrogens is 229 g/mol. The molecule has 0 amide bonds. The van der Waals surface area contributed by atoms with E-state index >= 15 is 0 Å². The molecule has 0 bridgehead atoms. The lowest BCUT2D eigenvalue weighted by Gasteiger charge is -2.16. The minimum absolute atomic E-state index is 0.112. The number of rotatable bonds is 9. The SMILES string of the molecule is CCCCCCCCC(NN)c1ccncc1F. The molecular formula is C14H24FN3. The third-order valence-corrected chi connectivity index (χ3v) is 3.23. The molecule has 3 N–H and O–H groups in total. The largest absolute Gasteiger partial charge is 0.271 e. The van der Waals surface area contributed by atoms with Gasteiger partial charge in [-0.15, -0.1) is 0 Å². The van der Waals surface area contributed by atoms with E-state index in [9.17, 15) is 4.39 Å². The van der Waals surface area contributed by atoms with Crippen molar-refractivity contribution in [1.82, 2.24) is 10.4 Å². The van der Waals surface area contributed by atoms with Gasteiger partial charge in [0.15, 0.2) is 0 Å². The van der Waals surface area contributed by atoms with Crippen molar-refractivity contribution in [3.8, 4) is 0 Å². The van der Waals surface area contributed by atoms with Crippen LogP contribution in [-0.4, -0.2) is 4.98 Å². The molecule has 4 heteroatoms. The van der Waals surface area contributed by atoms with Crippen LogP contribution in [0.2, 0.25) is 0 Å². The van der Waals surface area contributed by atoms with Crippen LogP contribution in [0.15, 0.2) is 18.5 Å². The van der Waals surface area contributed by atoms with Gasteiger partial charge >= 0.3 is 0 Å². The van der Waals surface area contributed by atoms with E-state index in [-0.39, 0.29) is 11.9 Å². The Bertz CT molecular complexity index is 331. The summed E-state index contributed by atoms with van der Waals surface area (Å²) in [5.74, 6) is 5.21. The molecule has 0 spiro atoms. The Kier molecular flexibility index (Phi) is 7.53. The molecule has 1 rings (SSSR count). The number of aromatic nitrogens is 1. The van der Waals surface area contributed by atoms with Crippen LogP contribution < -0.4 is 11.3 Å². The molecule has 0 radical (unpaired) electrons. The van der Waals surface area contributed by atoms with E-state index in [2.05, 4.69) is 17.3 Å². The number of nitrogens with zero attached hydrogens (tertiary/aromatic N) is 1. The Balaban J connectivity index is 2.32. The van der Waals surface area contributed by atoms with Gasteiger partial charge in [-0.2, -0.15) is 0 Å². The quantitative estimate of drug-likeness (QED) is 0.402. The molecule has 0 aliphatic heterocycles.